The van der Waals surface area contributed by atoms with E-state index in [2.05, 4.69) is 0 Å². The number of rotatable bonds is 2. The summed E-state index contributed by atoms with van der Waals surface area (Å²) in [7, 11) is 0. The van der Waals surface area contributed by atoms with E-state index >= 15 is 0 Å². The number of amides is 1. The average molecular weight is 265 g/mol. The molecule has 1 aliphatic rings. The van der Waals surface area contributed by atoms with E-state index in [4.69, 9.17) is 5.11 Å². The highest BCUT2D eigenvalue weighted by Crippen LogP contribution is 2.25. The van der Waals surface area contributed by atoms with Gasteiger partial charge in [0.25, 0.3) is 5.91 Å². The molecule has 19 heavy (non-hydrogen) atoms. The van der Waals surface area contributed by atoms with Crippen molar-refractivity contribution >= 4 is 11.9 Å². The molecule has 1 aromatic carbocycles. The summed E-state index contributed by atoms with van der Waals surface area (Å²) in [6.07, 6.45) is 0. The Morgan fingerprint density at radius 2 is 2.00 bits per heavy atom. The fourth-order valence-corrected chi connectivity index (χ4v) is 2.50. The van der Waals surface area contributed by atoms with Gasteiger partial charge in [-0.2, -0.15) is 0 Å². The molecule has 4 nitrogen and oxygen atoms in total. The Hall–Kier alpha value is -1.91. The van der Waals surface area contributed by atoms with Gasteiger partial charge in [0, 0.05) is 18.7 Å². The zero-order chi connectivity index (χ0) is 14.2. The number of halogens is 1. The molecule has 5 heteroatoms. The van der Waals surface area contributed by atoms with Gasteiger partial charge >= 0.3 is 5.97 Å². The Bertz CT molecular complexity index is 509. The molecule has 1 amide bonds. The minimum absolute atomic E-state index is 0.0869. The number of aryl methyl sites for hydroxylation is 1. The summed E-state index contributed by atoms with van der Waals surface area (Å²) in [5.74, 6) is -2.28. The summed E-state index contributed by atoms with van der Waals surface area (Å²) in [4.78, 5) is 24.7. The van der Waals surface area contributed by atoms with Crippen molar-refractivity contribution in [1.82, 2.24) is 4.90 Å². The number of hydrogen-bond donors (Lipinski definition) is 1. The minimum atomic E-state index is -0.891. The number of carboxylic acids is 1. The first-order valence-corrected chi connectivity index (χ1v) is 6.17. The maximum Gasteiger partial charge on any atom is 0.308 e. The van der Waals surface area contributed by atoms with Crippen molar-refractivity contribution in [2.24, 2.45) is 11.8 Å². The van der Waals surface area contributed by atoms with Crippen LogP contribution in [0.15, 0.2) is 18.2 Å². The Labute approximate surface area is 110 Å². The third kappa shape index (κ3) is 2.75. The van der Waals surface area contributed by atoms with Crippen LogP contribution in [0.4, 0.5) is 4.39 Å². The summed E-state index contributed by atoms with van der Waals surface area (Å²) >= 11 is 0. The van der Waals surface area contributed by atoms with E-state index < -0.39 is 17.7 Å². The quantitative estimate of drug-likeness (QED) is 0.888. The van der Waals surface area contributed by atoms with Gasteiger partial charge in [-0.15, -0.1) is 0 Å². The van der Waals surface area contributed by atoms with Crippen molar-refractivity contribution in [2.75, 3.05) is 13.1 Å². The lowest BCUT2D eigenvalue weighted by Gasteiger charge is -2.16. The van der Waals surface area contributed by atoms with Crippen molar-refractivity contribution < 1.29 is 19.1 Å². The van der Waals surface area contributed by atoms with Gasteiger partial charge in [0.2, 0.25) is 0 Å². The summed E-state index contributed by atoms with van der Waals surface area (Å²) in [5.41, 5.74) is 0.945. The molecule has 2 rings (SSSR count). The molecule has 1 heterocycles. The summed E-state index contributed by atoms with van der Waals surface area (Å²) in [6, 6.07) is 4.15. The number of hydrogen-bond acceptors (Lipinski definition) is 2. The highest BCUT2D eigenvalue weighted by Gasteiger charge is 2.37. The number of carboxylic acid groups (broad SMARTS) is 1. The largest absolute Gasteiger partial charge is 0.481 e. The van der Waals surface area contributed by atoms with E-state index in [0.717, 1.165) is 0 Å². The lowest BCUT2D eigenvalue weighted by Crippen LogP contribution is -2.30. The molecule has 0 saturated carbocycles. The summed E-state index contributed by atoms with van der Waals surface area (Å²) in [6.45, 7) is 4.10. The van der Waals surface area contributed by atoms with Gasteiger partial charge in [-0.1, -0.05) is 6.92 Å². The Morgan fingerprint density at radius 1 is 1.32 bits per heavy atom. The van der Waals surface area contributed by atoms with Crippen LogP contribution in [0.2, 0.25) is 0 Å². The van der Waals surface area contributed by atoms with Gasteiger partial charge in [-0.05, 0) is 36.6 Å². The maximum atomic E-state index is 13.3. The number of nitrogens with zero attached hydrogens (tertiary/aromatic N) is 1. The van der Waals surface area contributed by atoms with Crippen LogP contribution in [0.5, 0.6) is 0 Å². The first-order chi connectivity index (χ1) is 8.88. The average Bonchev–Trinajstić information content (AvgIpc) is 2.69. The van der Waals surface area contributed by atoms with Crippen molar-refractivity contribution in [3.8, 4) is 0 Å². The second kappa shape index (κ2) is 4.99. The third-order valence-electron chi connectivity index (χ3n) is 3.51. The van der Waals surface area contributed by atoms with Crippen LogP contribution in [0.1, 0.15) is 22.8 Å². The number of aliphatic carboxylic acids is 1. The molecule has 102 valence electrons. The second-order valence-corrected chi connectivity index (χ2v) is 5.15. The lowest BCUT2D eigenvalue weighted by atomic mass is 9.99. The molecule has 1 fully saturated rings. The maximum absolute atomic E-state index is 13.3. The smallest absolute Gasteiger partial charge is 0.308 e. The Kier molecular flexibility index (Phi) is 3.55. The number of carbonyl (C=O) groups is 2. The first kappa shape index (κ1) is 13.5. The molecule has 0 aliphatic carbocycles. The van der Waals surface area contributed by atoms with Gasteiger partial charge in [-0.3, -0.25) is 9.59 Å². The van der Waals surface area contributed by atoms with E-state index in [1.165, 1.54) is 17.0 Å². The second-order valence-electron chi connectivity index (χ2n) is 5.15. The number of carbonyl (C=O) groups excluding carboxylic acids is 1. The van der Waals surface area contributed by atoms with E-state index in [-0.39, 0.29) is 23.9 Å². The van der Waals surface area contributed by atoms with Crippen LogP contribution in [-0.4, -0.2) is 35.0 Å². The summed E-state index contributed by atoms with van der Waals surface area (Å²) in [5, 5.41) is 9.04. The van der Waals surface area contributed by atoms with Crippen molar-refractivity contribution in [1.29, 1.82) is 0 Å². The van der Waals surface area contributed by atoms with Gasteiger partial charge in [0.1, 0.15) is 5.82 Å². The molecule has 0 spiro atoms. The number of likely N-dealkylation sites (tertiary alicyclic amines) is 1. The van der Waals surface area contributed by atoms with E-state index in [0.29, 0.717) is 12.1 Å². The highest BCUT2D eigenvalue weighted by molar-refractivity contribution is 5.95. The number of benzene rings is 1. The Morgan fingerprint density at radius 3 is 2.53 bits per heavy atom. The predicted octanol–water partition coefficient (Wildman–Crippen LogP) is 1.93. The van der Waals surface area contributed by atoms with Gasteiger partial charge in [0.05, 0.1) is 5.92 Å². The van der Waals surface area contributed by atoms with E-state index in [1.54, 1.807) is 13.0 Å². The molecule has 0 radical (unpaired) electrons. The third-order valence-corrected chi connectivity index (χ3v) is 3.51. The fraction of sp³-hybridized carbons (Fsp3) is 0.429. The molecule has 1 aromatic rings. The van der Waals surface area contributed by atoms with Crippen LogP contribution in [0.3, 0.4) is 0 Å². The van der Waals surface area contributed by atoms with E-state index in [1.807, 2.05) is 6.92 Å². The van der Waals surface area contributed by atoms with Crippen molar-refractivity contribution in [2.45, 2.75) is 13.8 Å². The molecule has 0 bridgehead atoms. The van der Waals surface area contributed by atoms with Crippen LogP contribution in [0.25, 0.3) is 0 Å². The SMILES string of the molecule is Cc1cc(F)cc(C(=O)N2C[C@@H](C)[C@H](C(=O)O)C2)c1. The molecular weight excluding hydrogens is 249 g/mol. The minimum Gasteiger partial charge on any atom is -0.481 e. The monoisotopic (exact) mass is 265 g/mol. The standard InChI is InChI=1S/C14H16FNO3/c1-8-3-10(5-11(15)4-8)13(17)16-6-9(2)12(7-16)14(18)19/h3-5,9,12H,6-7H2,1-2H3,(H,18,19)/t9-,12-/m1/s1. The molecule has 1 aliphatic heterocycles. The highest BCUT2D eigenvalue weighted by atomic mass is 19.1. The van der Waals surface area contributed by atoms with Crippen molar-refractivity contribution in [3.05, 3.63) is 35.1 Å². The molecule has 2 atom stereocenters. The van der Waals surface area contributed by atoms with Gasteiger partial charge in [0.15, 0.2) is 0 Å². The van der Waals surface area contributed by atoms with Gasteiger partial charge < -0.3 is 10.0 Å². The fourth-order valence-electron chi connectivity index (χ4n) is 2.50. The van der Waals surface area contributed by atoms with Gasteiger partial charge in [-0.25, -0.2) is 4.39 Å². The zero-order valence-corrected chi connectivity index (χ0v) is 10.9. The molecule has 1 N–H and O–H groups in total. The predicted molar refractivity (Wildman–Crippen MR) is 67.3 cm³/mol. The molecule has 0 aromatic heterocycles. The lowest BCUT2D eigenvalue weighted by molar-refractivity contribution is -0.142. The van der Waals surface area contributed by atoms with Crippen LogP contribution >= 0.6 is 0 Å². The molecule has 1 saturated heterocycles. The molecule has 0 unspecified atom stereocenters. The van der Waals surface area contributed by atoms with Crippen LogP contribution in [-0.2, 0) is 4.79 Å². The van der Waals surface area contributed by atoms with Crippen LogP contribution in [0, 0.1) is 24.6 Å². The summed E-state index contributed by atoms with van der Waals surface area (Å²) < 4.78 is 13.3. The topological polar surface area (TPSA) is 57.6 Å². The zero-order valence-electron chi connectivity index (χ0n) is 10.9. The Balaban J connectivity index is 2.19. The molecular formula is C14H16FNO3. The van der Waals surface area contributed by atoms with Crippen molar-refractivity contribution in [3.63, 3.8) is 0 Å². The van der Waals surface area contributed by atoms with Crippen LogP contribution < -0.4 is 0 Å². The van der Waals surface area contributed by atoms with E-state index in [9.17, 15) is 14.0 Å². The normalized spacial score (nSPS) is 22.6. The first-order valence-electron chi connectivity index (χ1n) is 6.17.